The number of hydrogen-bond acceptors (Lipinski definition) is 6. The van der Waals surface area contributed by atoms with Gasteiger partial charge in [0.1, 0.15) is 6.61 Å². The van der Waals surface area contributed by atoms with Crippen molar-refractivity contribution in [2.75, 3.05) is 13.7 Å². The molecule has 1 heterocycles. The highest BCUT2D eigenvalue weighted by Gasteiger charge is 2.04. The Balaban J connectivity index is 1.97. The average Bonchev–Trinajstić information content (AvgIpc) is 2.55. The largest absolute Gasteiger partial charge is 0.466 e. The topological polar surface area (TPSA) is 87.5 Å². The summed E-state index contributed by atoms with van der Waals surface area (Å²) in [5.74, 6) is -1.33. The number of methoxy groups -OCH3 is 1. The number of esters is 2. The van der Waals surface area contributed by atoms with Gasteiger partial charge in [-0.1, -0.05) is 12.1 Å². The van der Waals surface area contributed by atoms with E-state index < -0.39 is 11.9 Å². The lowest BCUT2D eigenvalue weighted by atomic mass is 10.2. The lowest BCUT2D eigenvalue weighted by molar-refractivity contribution is -0.139. The number of hydrogen-bond donors (Lipinski definition) is 0. The van der Waals surface area contributed by atoms with Gasteiger partial charge in [0.15, 0.2) is 0 Å². The number of para-hydroxylation sites is 1. The minimum absolute atomic E-state index is 0.00965. The van der Waals surface area contributed by atoms with Crippen molar-refractivity contribution in [1.82, 2.24) is 9.55 Å². The second-order valence-corrected chi connectivity index (χ2v) is 4.28. The third-order valence-electron chi connectivity index (χ3n) is 2.86. The zero-order chi connectivity index (χ0) is 15.9. The molecular weight excluding hydrogens is 288 g/mol. The maximum atomic E-state index is 12.2. The van der Waals surface area contributed by atoms with E-state index in [1.165, 1.54) is 18.0 Å². The smallest absolute Gasteiger partial charge is 0.331 e. The van der Waals surface area contributed by atoms with Gasteiger partial charge in [-0.2, -0.15) is 0 Å². The Bertz CT molecular complexity index is 779. The standard InChI is InChI=1S/C15H14N2O5/c1-21-13(18)6-7-14(19)22-9-8-17-10-16-12-5-3-2-4-11(12)15(17)20/h2-7,10H,8-9H2,1H3. The molecule has 0 amide bonds. The predicted octanol–water partition coefficient (Wildman–Crippen LogP) is 0.669. The molecule has 2 aromatic rings. The second-order valence-electron chi connectivity index (χ2n) is 4.28. The highest BCUT2D eigenvalue weighted by Crippen LogP contribution is 2.04. The molecule has 0 aliphatic heterocycles. The van der Waals surface area contributed by atoms with Gasteiger partial charge in [-0.25, -0.2) is 14.6 Å². The van der Waals surface area contributed by atoms with Crippen LogP contribution in [0, 0.1) is 0 Å². The molecule has 0 unspecified atom stereocenters. The maximum Gasteiger partial charge on any atom is 0.331 e. The molecular formula is C15H14N2O5. The Labute approximate surface area is 125 Å². The van der Waals surface area contributed by atoms with Crippen molar-refractivity contribution in [3.05, 3.63) is 53.1 Å². The van der Waals surface area contributed by atoms with E-state index in [9.17, 15) is 14.4 Å². The third-order valence-corrected chi connectivity index (χ3v) is 2.86. The SMILES string of the molecule is COC(=O)C=CC(=O)OCCn1cnc2ccccc2c1=O. The molecule has 7 heteroatoms. The summed E-state index contributed by atoms with van der Waals surface area (Å²) in [6.45, 7) is 0.165. The summed E-state index contributed by atoms with van der Waals surface area (Å²) in [5, 5.41) is 0.502. The minimum atomic E-state index is -0.688. The Hall–Kier alpha value is -2.96. The van der Waals surface area contributed by atoms with Crippen molar-refractivity contribution in [3.63, 3.8) is 0 Å². The molecule has 7 nitrogen and oxygen atoms in total. The Morgan fingerprint density at radius 2 is 1.95 bits per heavy atom. The van der Waals surface area contributed by atoms with Gasteiger partial charge in [-0.15, -0.1) is 0 Å². The van der Waals surface area contributed by atoms with Gasteiger partial charge >= 0.3 is 11.9 Å². The number of ether oxygens (including phenoxy) is 2. The molecule has 0 fully saturated rings. The van der Waals surface area contributed by atoms with Crippen molar-refractivity contribution in [3.8, 4) is 0 Å². The number of fused-ring (bicyclic) bond motifs is 1. The fourth-order valence-electron chi connectivity index (χ4n) is 1.76. The van der Waals surface area contributed by atoms with Crippen LogP contribution in [-0.4, -0.2) is 35.2 Å². The molecule has 0 saturated heterocycles. The van der Waals surface area contributed by atoms with E-state index in [4.69, 9.17) is 4.74 Å². The van der Waals surface area contributed by atoms with E-state index in [0.29, 0.717) is 10.9 Å². The Morgan fingerprint density at radius 3 is 2.73 bits per heavy atom. The highest BCUT2D eigenvalue weighted by molar-refractivity contribution is 5.91. The van der Waals surface area contributed by atoms with E-state index in [0.717, 1.165) is 12.2 Å². The minimum Gasteiger partial charge on any atom is -0.466 e. The van der Waals surface area contributed by atoms with E-state index in [1.807, 2.05) is 0 Å². The number of benzene rings is 1. The van der Waals surface area contributed by atoms with Crippen molar-refractivity contribution in [2.24, 2.45) is 0 Å². The number of carbonyl (C=O) groups excluding carboxylic acids is 2. The summed E-state index contributed by atoms with van der Waals surface area (Å²) in [6.07, 6.45) is 3.34. The quantitative estimate of drug-likeness (QED) is 0.596. The second kappa shape index (κ2) is 7.16. The van der Waals surface area contributed by atoms with Gasteiger partial charge in [0.05, 0.1) is 30.9 Å². The van der Waals surface area contributed by atoms with Crippen LogP contribution >= 0.6 is 0 Å². The first-order valence-corrected chi connectivity index (χ1v) is 6.49. The van der Waals surface area contributed by atoms with Crippen LogP contribution in [0.5, 0.6) is 0 Å². The van der Waals surface area contributed by atoms with Crippen LogP contribution in [0.15, 0.2) is 47.5 Å². The van der Waals surface area contributed by atoms with Gasteiger partial charge in [0.2, 0.25) is 0 Å². The van der Waals surface area contributed by atoms with Crippen LogP contribution in [0.2, 0.25) is 0 Å². The molecule has 1 aromatic heterocycles. The summed E-state index contributed by atoms with van der Waals surface area (Å²) in [7, 11) is 1.21. The van der Waals surface area contributed by atoms with Gasteiger partial charge in [0, 0.05) is 12.2 Å². The van der Waals surface area contributed by atoms with Gasteiger partial charge in [-0.05, 0) is 12.1 Å². The van der Waals surface area contributed by atoms with E-state index in [-0.39, 0.29) is 18.7 Å². The third kappa shape index (κ3) is 3.78. The molecule has 0 saturated carbocycles. The fraction of sp³-hybridized carbons (Fsp3) is 0.200. The predicted molar refractivity (Wildman–Crippen MR) is 78.1 cm³/mol. The van der Waals surface area contributed by atoms with E-state index in [1.54, 1.807) is 24.3 Å². The van der Waals surface area contributed by atoms with Crippen LogP contribution in [-0.2, 0) is 25.6 Å². The molecule has 0 aliphatic carbocycles. The average molecular weight is 302 g/mol. The van der Waals surface area contributed by atoms with Crippen molar-refractivity contribution in [1.29, 1.82) is 0 Å². The fourth-order valence-corrected chi connectivity index (χ4v) is 1.76. The van der Waals surface area contributed by atoms with Crippen molar-refractivity contribution >= 4 is 22.8 Å². The molecule has 1 aromatic carbocycles. The van der Waals surface area contributed by atoms with Crippen molar-refractivity contribution < 1.29 is 19.1 Å². The summed E-state index contributed by atoms with van der Waals surface area (Å²) < 4.78 is 10.6. The molecule has 114 valence electrons. The first-order valence-electron chi connectivity index (χ1n) is 6.49. The zero-order valence-corrected chi connectivity index (χ0v) is 11.9. The molecule has 22 heavy (non-hydrogen) atoms. The van der Waals surface area contributed by atoms with Crippen LogP contribution in [0.4, 0.5) is 0 Å². The van der Waals surface area contributed by atoms with Crippen LogP contribution in [0.1, 0.15) is 0 Å². The van der Waals surface area contributed by atoms with Gasteiger partial charge in [-0.3, -0.25) is 9.36 Å². The molecule has 0 atom stereocenters. The summed E-state index contributed by atoms with van der Waals surface area (Å²) in [4.78, 5) is 38.5. The summed E-state index contributed by atoms with van der Waals surface area (Å²) in [5.41, 5.74) is 0.411. The normalized spacial score (nSPS) is 10.8. The number of aromatic nitrogens is 2. The number of carbonyl (C=O) groups is 2. The van der Waals surface area contributed by atoms with E-state index in [2.05, 4.69) is 9.72 Å². The van der Waals surface area contributed by atoms with Gasteiger partial charge < -0.3 is 9.47 Å². The summed E-state index contributed by atoms with van der Waals surface area (Å²) >= 11 is 0. The van der Waals surface area contributed by atoms with Crippen LogP contribution < -0.4 is 5.56 Å². The Kier molecular flexibility index (Phi) is 5.02. The molecule has 0 spiro atoms. The van der Waals surface area contributed by atoms with Crippen molar-refractivity contribution in [2.45, 2.75) is 6.54 Å². The maximum absolute atomic E-state index is 12.2. The van der Waals surface area contributed by atoms with Gasteiger partial charge in [0.25, 0.3) is 5.56 Å². The first kappa shape index (κ1) is 15.4. The van der Waals surface area contributed by atoms with Crippen LogP contribution in [0.25, 0.3) is 10.9 Å². The van der Waals surface area contributed by atoms with E-state index >= 15 is 0 Å². The monoisotopic (exact) mass is 302 g/mol. The summed E-state index contributed by atoms with van der Waals surface area (Å²) in [6, 6.07) is 6.99. The van der Waals surface area contributed by atoms with Crippen LogP contribution in [0.3, 0.4) is 0 Å². The first-order chi connectivity index (χ1) is 10.6. The Morgan fingerprint density at radius 1 is 1.23 bits per heavy atom. The number of rotatable bonds is 5. The molecule has 0 radical (unpaired) electrons. The lowest BCUT2D eigenvalue weighted by Crippen LogP contribution is -2.23. The zero-order valence-electron chi connectivity index (χ0n) is 11.9. The highest BCUT2D eigenvalue weighted by atomic mass is 16.5. The molecule has 0 aliphatic rings. The molecule has 2 rings (SSSR count). The lowest BCUT2D eigenvalue weighted by Gasteiger charge is -2.06. The molecule has 0 N–H and O–H groups in total. The number of nitrogens with zero attached hydrogens (tertiary/aromatic N) is 2. The molecule has 0 bridgehead atoms.